The second kappa shape index (κ2) is 7.41. The topological polar surface area (TPSA) is 66.4 Å². The Bertz CT molecular complexity index is 635. The number of rotatable bonds is 6. The largest absolute Gasteiger partial charge is 0.480 e. The van der Waals surface area contributed by atoms with Crippen molar-refractivity contribution >= 4 is 11.9 Å². The van der Waals surface area contributed by atoms with E-state index in [0.29, 0.717) is 0 Å². The summed E-state index contributed by atoms with van der Waals surface area (Å²) in [6.45, 7) is 1.97. The third kappa shape index (κ3) is 4.74. The Morgan fingerprint density at radius 3 is 2.23 bits per heavy atom. The SMILES string of the molecule is Cc1ccc(C[C@@H](NC(=O)Cc2ccccc2)C(=O)O)cc1. The molecule has 0 aliphatic heterocycles. The van der Waals surface area contributed by atoms with Gasteiger partial charge in [-0.25, -0.2) is 4.79 Å². The highest BCUT2D eigenvalue weighted by atomic mass is 16.4. The van der Waals surface area contributed by atoms with Crippen LogP contribution in [0.15, 0.2) is 54.6 Å². The Morgan fingerprint density at radius 2 is 1.64 bits per heavy atom. The molecule has 0 saturated heterocycles. The van der Waals surface area contributed by atoms with Crippen LogP contribution in [0.2, 0.25) is 0 Å². The summed E-state index contributed by atoms with van der Waals surface area (Å²) in [4.78, 5) is 23.3. The fraction of sp³-hybridized carbons (Fsp3) is 0.222. The van der Waals surface area contributed by atoms with E-state index in [4.69, 9.17) is 0 Å². The van der Waals surface area contributed by atoms with Crippen LogP contribution in [0.4, 0.5) is 0 Å². The lowest BCUT2D eigenvalue weighted by Gasteiger charge is -2.15. The van der Waals surface area contributed by atoms with Crippen molar-refractivity contribution in [1.29, 1.82) is 0 Å². The predicted molar refractivity (Wildman–Crippen MR) is 84.6 cm³/mol. The van der Waals surface area contributed by atoms with Crippen LogP contribution in [0.25, 0.3) is 0 Å². The van der Waals surface area contributed by atoms with Gasteiger partial charge in [0.05, 0.1) is 6.42 Å². The Hall–Kier alpha value is -2.62. The summed E-state index contributed by atoms with van der Waals surface area (Å²) in [6.07, 6.45) is 0.453. The Kier molecular flexibility index (Phi) is 5.31. The van der Waals surface area contributed by atoms with E-state index in [1.807, 2.05) is 61.5 Å². The van der Waals surface area contributed by atoms with E-state index in [0.717, 1.165) is 16.7 Å². The van der Waals surface area contributed by atoms with E-state index in [1.54, 1.807) is 0 Å². The van der Waals surface area contributed by atoms with Crippen LogP contribution < -0.4 is 5.32 Å². The normalized spacial score (nSPS) is 11.7. The van der Waals surface area contributed by atoms with E-state index in [-0.39, 0.29) is 18.7 Å². The molecule has 114 valence electrons. The van der Waals surface area contributed by atoms with Crippen LogP contribution in [0.1, 0.15) is 16.7 Å². The number of carbonyl (C=O) groups excluding carboxylic acids is 1. The van der Waals surface area contributed by atoms with Crippen molar-refractivity contribution in [3.05, 3.63) is 71.3 Å². The zero-order valence-corrected chi connectivity index (χ0v) is 12.5. The molecule has 1 amide bonds. The van der Waals surface area contributed by atoms with Gasteiger partial charge >= 0.3 is 5.97 Å². The van der Waals surface area contributed by atoms with Crippen molar-refractivity contribution < 1.29 is 14.7 Å². The summed E-state index contributed by atoms with van der Waals surface area (Å²) < 4.78 is 0. The van der Waals surface area contributed by atoms with Crippen LogP contribution in [-0.2, 0) is 22.4 Å². The van der Waals surface area contributed by atoms with Crippen molar-refractivity contribution in [3.63, 3.8) is 0 Å². The van der Waals surface area contributed by atoms with Gasteiger partial charge in [0.1, 0.15) is 6.04 Å². The molecule has 0 aliphatic carbocycles. The second-order valence-corrected chi connectivity index (χ2v) is 5.31. The average Bonchev–Trinajstić information content (AvgIpc) is 2.49. The summed E-state index contributed by atoms with van der Waals surface area (Å²) in [7, 11) is 0. The van der Waals surface area contributed by atoms with Gasteiger partial charge in [-0.05, 0) is 18.1 Å². The van der Waals surface area contributed by atoms with Gasteiger partial charge in [0, 0.05) is 6.42 Å². The second-order valence-electron chi connectivity index (χ2n) is 5.31. The summed E-state index contributed by atoms with van der Waals surface area (Å²) in [6, 6.07) is 16.0. The highest BCUT2D eigenvalue weighted by molar-refractivity contribution is 5.85. The fourth-order valence-corrected chi connectivity index (χ4v) is 2.19. The summed E-state index contributed by atoms with van der Waals surface area (Å²) in [5.41, 5.74) is 2.86. The number of hydrogen-bond donors (Lipinski definition) is 2. The van der Waals surface area contributed by atoms with Gasteiger partial charge in [-0.15, -0.1) is 0 Å². The number of hydrogen-bond acceptors (Lipinski definition) is 2. The molecular formula is C18H19NO3. The molecule has 0 bridgehead atoms. The molecule has 2 N–H and O–H groups in total. The molecule has 1 atom stereocenters. The van der Waals surface area contributed by atoms with Crippen LogP contribution in [0.5, 0.6) is 0 Å². The first-order chi connectivity index (χ1) is 10.5. The van der Waals surface area contributed by atoms with Gasteiger partial charge in [-0.3, -0.25) is 4.79 Å². The standard InChI is InChI=1S/C18H19NO3/c1-13-7-9-15(10-8-13)11-16(18(21)22)19-17(20)12-14-5-3-2-4-6-14/h2-10,16H,11-12H2,1H3,(H,19,20)(H,21,22)/t16-/m1/s1. The predicted octanol–water partition coefficient (Wildman–Crippen LogP) is 2.35. The molecule has 2 aromatic rings. The van der Waals surface area contributed by atoms with E-state index in [9.17, 15) is 14.7 Å². The molecule has 0 unspecified atom stereocenters. The molecule has 0 fully saturated rings. The third-order valence-electron chi connectivity index (χ3n) is 3.40. The number of carboxylic acid groups (broad SMARTS) is 1. The molecule has 0 aliphatic rings. The van der Waals surface area contributed by atoms with Crippen molar-refractivity contribution in [2.24, 2.45) is 0 Å². The number of carbonyl (C=O) groups is 2. The molecule has 0 saturated carbocycles. The summed E-state index contributed by atoms with van der Waals surface area (Å²) in [5.74, 6) is -1.31. The van der Waals surface area contributed by atoms with Gasteiger partial charge < -0.3 is 10.4 Å². The van der Waals surface area contributed by atoms with Crippen molar-refractivity contribution in [2.45, 2.75) is 25.8 Å². The van der Waals surface area contributed by atoms with Crippen molar-refractivity contribution in [3.8, 4) is 0 Å². The number of amides is 1. The zero-order chi connectivity index (χ0) is 15.9. The summed E-state index contributed by atoms with van der Waals surface area (Å²) >= 11 is 0. The van der Waals surface area contributed by atoms with E-state index in [2.05, 4.69) is 5.32 Å². The fourth-order valence-electron chi connectivity index (χ4n) is 2.19. The van der Waals surface area contributed by atoms with Gasteiger partial charge in [0.25, 0.3) is 0 Å². The van der Waals surface area contributed by atoms with E-state index in [1.165, 1.54) is 0 Å². The lowest BCUT2D eigenvalue weighted by Crippen LogP contribution is -2.43. The van der Waals surface area contributed by atoms with E-state index >= 15 is 0 Å². The van der Waals surface area contributed by atoms with Crippen molar-refractivity contribution in [2.75, 3.05) is 0 Å². The monoisotopic (exact) mass is 297 g/mol. The minimum atomic E-state index is -1.03. The average molecular weight is 297 g/mol. The Balaban J connectivity index is 1.98. The number of nitrogens with one attached hydrogen (secondary N) is 1. The molecule has 0 aromatic heterocycles. The zero-order valence-electron chi connectivity index (χ0n) is 12.5. The van der Waals surface area contributed by atoms with E-state index < -0.39 is 12.0 Å². The number of benzene rings is 2. The van der Waals surface area contributed by atoms with Crippen LogP contribution in [-0.4, -0.2) is 23.0 Å². The minimum Gasteiger partial charge on any atom is -0.480 e. The molecule has 4 nitrogen and oxygen atoms in total. The third-order valence-corrected chi connectivity index (χ3v) is 3.40. The quantitative estimate of drug-likeness (QED) is 0.860. The molecule has 0 heterocycles. The maximum absolute atomic E-state index is 12.0. The molecule has 2 rings (SSSR count). The first-order valence-electron chi connectivity index (χ1n) is 7.16. The number of carboxylic acids is 1. The van der Waals surface area contributed by atoms with Crippen LogP contribution >= 0.6 is 0 Å². The Morgan fingerprint density at radius 1 is 1.00 bits per heavy atom. The highest BCUT2D eigenvalue weighted by Crippen LogP contribution is 2.07. The molecule has 4 heteroatoms. The molecular weight excluding hydrogens is 278 g/mol. The van der Waals surface area contributed by atoms with Gasteiger partial charge in [-0.2, -0.15) is 0 Å². The first kappa shape index (κ1) is 15.8. The summed E-state index contributed by atoms with van der Waals surface area (Å²) in [5, 5.41) is 11.9. The Labute approximate surface area is 129 Å². The van der Waals surface area contributed by atoms with Gasteiger partial charge in [0.2, 0.25) is 5.91 Å². The lowest BCUT2D eigenvalue weighted by molar-refractivity contribution is -0.141. The maximum atomic E-state index is 12.0. The number of aryl methyl sites for hydroxylation is 1. The molecule has 2 aromatic carbocycles. The van der Waals surface area contributed by atoms with Crippen molar-refractivity contribution in [1.82, 2.24) is 5.32 Å². The maximum Gasteiger partial charge on any atom is 0.326 e. The van der Waals surface area contributed by atoms with Gasteiger partial charge in [0.15, 0.2) is 0 Å². The first-order valence-corrected chi connectivity index (χ1v) is 7.16. The highest BCUT2D eigenvalue weighted by Gasteiger charge is 2.20. The smallest absolute Gasteiger partial charge is 0.326 e. The molecule has 22 heavy (non-hydrogen) atoms. The molecule has 0 radical (unpaired) electrons. The minimum absolute atomic E-state index is 0.179. The lowest BCUT2D eigenvalue weighted by atomic mass is 10.0. The van der Waals surface area contributed by atoms with Gasteiger partial charge in [-0.1, -0.05) is 60.2 Å². The number of aliphatic carboxylic acids is 1. The van der Waals surface area contributed by atoms with Crippen LogP contribution in [0, 0.1) is 6.92 Å². The van der Waals surface area contributed by atoms with Crippen LogP contribution in [0.3, 0.4) is 0 Å². The molecule has 0 spiro atoms.